The van der Waals surface area contributed by atoms with E-state index in [1.54, 1.807) is 0 Å². The molecule has 76 valence electrons. The van der Waals surface area contributed by atoms with E-state index >= 15 is 0 Å². The first kappa shape index (κ1) is 10.7. The maximum atomic E-state index is 4.53. The van der Waals surface area contributed by atoms with Crippen LogP contribution in [0.25, 0.3) is 0 Å². The van der Waals surface area contributed by atoms with Crippen LogP contribution < -0.4 is 0 Å². The third-order valence-corrected chi connectivity index (χ3v) is 2.64. The third kappa shape index (κ3) is 5.07. The zero-order valence-corrected chi connectivity index (χ0v) is 9.34. The smallest absolute Gasteiger partial charge is 0.0520 e. The monoisotopic (exact) mass is 181 g/mol. The van der Waals surface area contributed by atoms with Crippen LogP contribution in [0.4, 0.5) is 0 Å². The van der Waals surface area contributed by atoms with Gasteiger partial charge in [0.15, 0.2) is 0 Å². The molecule has 0 saturated heterocycles. The lowest BCUT2D eigenvalue weighted by molar-refractivity contribution is 0.369. The van der Waals surface area contributed by atoms with Crippen LogP contribution in [0.15, 0.2) is 4.99 Å². The van der Waals surface area contributed by atoms with Gasteiger partial charge in [0.1, 0.15) is 0 Å². The summed E-state index contributed by atoms with van der Waals surface area (Å²) in [7, 11) is 0. The first-order valence-electron chi connectivity index (χ1n) is 5.61. The number of rotatable bonds is 2. The minimum atomic E-state index is 0.120. The Kier molecular flexibility index (Phi) is 3.95. The molecular formula is C12H23N. The van der Waals surface area contributed by atoms with Crippen LogP contribution in [-0.2, 0) is 0 Å². The van der Waals surface area contributed by atoms with E-state index in [0.717, 1.165) is 5.92 Å². The lowest BCUT2D eigenvalue weighted by atomic mass is 9.87. The van der Waals surface area contributed by atoms with Crippen molar-refractivity contribution in [2.24, 2.45) is 10.9 Å². The van der Waals surface area contributed by atoms with E-state index in [2.05, 4.69) is 32.0 Å². The Bertz CT molecular complexity index is 158. The maximum absolute atomic E-state index is 4.53. The van der Waals surface area contributed by atoms with Crippen molar-refractivity contribution >= 4 is 6.21 Å². The maximum Gasteiger partial charge on any atom is 0.0520 e. The zero-order chi connectivity index (χ0) is 9.73. The van der Waals surface area contributed by atoms with E-state index in [1.807, 2.05) is 0 Å². The number of nitrogens with zero attached hydrogens (tertiary/aromatic N) is 1. The molecule has 1 heteroatoms. The summed E-state index contributed by atoms with van der Waals surface area (Å²) in [5.74, 6) is 0.930. The lowest BCUT2D eigenvalue weighted by Gasteiger charge is -2.20. The van der Waals surface area contributed by atoms with Crippen molar-refractivity contribution in [2.45, 2.75) is 64.8 Å². The van der Waals surface area contributed by atoms with Crippen molar-refractivity contribution in [3.05, 3.63) is 0 Å². The van der Waals surface area contributed by atoms with Gasteiger partial charge in [-0.15, -0.1) is 0 Å². The van der Waals surface area contributed by atoms with E-state index in [0.29, 0.717) is 0 Å². The molecule has 1 aliphatic rings. The van der Waals surface area contributed by atoms with Crippen LogP contribution in [0.2, 0.25) is 0 Å². The molecule has 0 aromatic carbocycles. The highest BCUT2D eigenvalue weighted by Gasteiger charge is 2.12. The second-order valence-corrected chi connectivity index (χ2v) is 5.22. The quantitative estimate of drug-likeness (QED) is 0.574. The summed E-state index contributed by atoms with van der Waals surface area (Å²) in [4.78, 5) is 4.53. The Hall–Kier alpha value is -0.330. The molecule has 1 nitrogen and oxygen atoms in total. The molecule has 1 fully saturated rings. The predicted octanol–water partition coefficient (Wildman–Crippen LogP) is 3.83. The molecule has 0 spiro atoms. The van der Waals surface area contributed by atoms with Gasteiger partial charge in [-0.25, -0.2) is 0 Å². The Morgan fingerprint density at radius 1 is 1.15 bits per heavy atom. The van der Waals surface area contributed by atoms with Crippen molar-refractivity contribution in [2.75, 3.05) is 0 Å². The molecule has 1 saturated carbocycles. The summed E-state index contributed by atoms with van der Waals surface area (Å²) >= 11 is 0. The van der Waals surface area contributed by atoms with E-state index in [-0.39, 0.29) is 5.54 Å². The summed E-state index contributed by atoms with van der Waals surface area (Å²) in [5, 5.41) is 0. The molecule has 1 aliphatic carbocycles. The van der Waals surface area contributed by atoms with Crippen molar-refractivity contribution in [3.8, 4) is 0 Å². The normalized spacial score (nSPS) is 21.2. The van der Waals surface area contributed by atoms with Gasteiger partial charge in [-0.1, -0.05) is 32.1 Å². The van der Waals surface area contributed by atoms with Crippen molar-refractivity contribution in [1.29, 1.82) is 0 Å². The Morgan fingerprint density at radius 3 is 2.31 bits per heavy atom. The Labute approximate surface area is 82.6 Å². The SMILES string of the molecule is CC(C)(C)N=CCC1CCCCC1. The summed E-state index contributed by atoms with van der Waals surface area (Å²) in [5.41, 5.74) is 0.120. The standard InChI is InChI=1S/C12H23N/c1-12(2,3)13-10-9-11-7-5-4-6-8-11/h10-11H,4-9H2,1-3H3. The van der Waals surface area contributed by atoms with Gasteiger partial charge in [-0.05, 0) is 39.3 Å². The molecule has 0 bridgehead atoms. The van der Waals surface area contributed by atoms with Crippen LogP contribution in [-0.4, -0.2) is 11.8 Å². The zero-order valence-electron chi connectivity index (χ0n) is 9.34. The van der Waals surface area contributed by atoms with Crippen LogP contribution in [0.1, 0.15) is 59.3 Å². The summed E-state index contributed by atoms with van der Waals surface area (Å²) < 4.78 is 0. The second kappa shape index (κ2) is 4.78. The third-order valence-electron chi connectivity index (χ3n) is 2.64. The first-order valence-corrected chi connectivity index (χ1v) is 5.61. The Morgan fingerprint density at radius 2 is 1.77 bits per heavy atom. The topological polar surface area (TPSA) is 12.4 Å². The van der Waals surface area contributed by atoms with E-state index in [1.165, 1.54) is 38.5 Å². The van der Waals surface area contributed by atoms with E-state index in [9.17, 15) is 0 Å². The van der Waals surface area contributed by atoms with Gasteiger partial charge in [0, 0.05) is 0 Å². The van der Waals surface area contributed by atoms with Crippen LogP contribution in [0, 0.1) is 5.92 Å². The number of hydrogen-bond donors (Lipinski definition) is 0. The highest BCUT2D eigenvalue weighted by molar-refractivity contribution is 5.58. The van der Waals surface area contributed by atoms with Gasteiger partial charge in [0.25, 0.3) is 0 Å². The second-order valence-electron chi connectivity index (χ2n) is 5.22. The highest BCUT2D eigenvalue weighted by atomic mass is 14.8. The van der Waals surface area contributed by atoms with Crippen LogP contribution in [0.3, 0.4) is 0 Å². The Balaban J connectivity index is 2.21. The van der Waals surface area contributed by atoms with Gasteiger partial charge < -0.3 is 0 Å². The minimum Gasteiger partial charge on any atom is -0.292 e. The average molecular weight is 181 g/mol. The molecule has 0 aliphatic heterocycles. The molecule has 0 radical (unpaired) electrons. The molecule has 0 aromatic heterocycles. The molecular weight excluding hydrogens is 158 g/mol. The van der Waals surface area contributed by atoms with Gasteiger partial charge >= 0.3 is 0 Å². The number of hydrogen-bond acceptors (Lipinski definition) is 1. The fraction of sp³-hybridized carbons (Fsp3) is 0.917. The van der Waals surface area contributed by atoms with Gasteiger partial charge in [-0.3, -0.25) is 4.99 Å². The molecule has 0 atom stereocenters. The summed E-state index contributed by atoms with van der Waals surface area (Å²) in [6.07, 6.45) is 10.5. The van der Waals surface area contributed by atoms with Crippen LogP contribution >= 0.6 is 0 Å². The van der Waals surface area contributed by atoms with Gasteiger partial charge in [-0.2, -0.15) is 0 Å². The van der Waals surface area contributed by atoms with Gasteiger partial charge in [0.2, 0.25) is 0 Å². The fourth-order valence-corrected chi connectivity index (χ4v) is 1.90. The molecule has 0 N–H and O–H groups in total. The van der Waals surface area contributed by atoms with E-state index < -0.39 is 0 Å². The van der Waals surface area contributed by atoms with Crippen molar-refractivity contribution in [3.63, 3.8) is 0 Å². The molecule has 0 unspecified atom stereocenters. The molecule has 0 heterocycles. The molecule has 13 heavy (non-hydrogen) atoms. The minimum absolute atomic E-state index is 0.120. The predicted molar refractivity (Wildman–Crippen MR) is 59.4 cm³/mol. The average Bonchev–Trinajstić information content (AvgIpc) is 2.04. The van der Waals surface area contributed by atoms with Crippen molar-refractivity contribution in [1.82, 2.24) is 0 Å². The molecule has 0 amide bonds. The van der Waals surface area contributed by atoms with Crippen LogP contribution in [0.5, 0.6) is 0 Å². The van der Waals surface area contributed by atoms with E-state index in [4.69, 9.17) is 0 Å². The van der Waals surface area contributed by atoms with Crippen molar-refractivity contribution < 1.29 is 0 Å². The first-order chi connectivity index (χ1) is 6.08. The highest BCUT2D eigenvalue weighted by Crippen LogP contribution is 2.25. The largest absolute Gasteiger partial charge is 0.292 e. The van der Waals surface area contributed by atoms with Gasteiger partial charge in [0.05, 0.1) is 5.54 Å². The molecule has 0 aromatic rings. The lowest BCUT2D eigenvalue weighted by Crippen LogP contribution is -2.11. The molecule has 1 rings (SSSR count). The number of aliphatic imine (C=N–C) groups is 1. The fourth-order valence-electron chi connectivity index (χ4n) is 1.90. The summed E-state index contributed by atoms with van der Waals surface area (Å²) in [6, 6.07) is 0. The summed E-state index contributed by atoms with van der Waals surface area (Å²) in [6.45, 7) is 6.47.